The van der Waals surface area contributed by atoms with Crippen LogP contribution in [0.15, 0.2) is 34.3 Å². The van der Waals surface area contributed by atoms with Gasteiger partial charge in [0.25, 0.3) is 11.8 Å². The summed E-state index contributed by atoms with van der Waals surface area (Å²) in [5.74, 6) is -2.24. The molecule has 174 valence electrons. The van der Waals surface area contributed by atoms with E-state index < -0.39 is 18.0 Å². The number of ether oxygens (including phenoxy) is 1. The number of nitrogens with zero attached hydrogens (tertiary/aromatic N) is 4. The van der Waals surface area contributed by atoms with Crippen LogP contribution in [0.2, 0.25) is 0 Å². The van der Waals surface area contributed by atoms with E-state index in [0.29, 0.717) is 23.7 Å². The minimum atomic E-state index is -4.73. The van der Waals surface area contributed by atoms with Gasteiger partial charge in [0.2, 0.25) is 5.82 Å². The fourth-order valence-corrected chi connectivity index (χ4v) is 4.03. The number of carbonyl (C=O) groups excluding carboxylic acids is 2. The first-order valence-electron chi connectivity index (χ1n) is 9.82. The molecule has 33 heavy (non-hydrogen) atoms. The molecule has 1 aromatic carbocycles. The number of amides is 2. The molecule has 1 fully saturated rings. The highest BCUT2D eigenvalue weighted by Crippen LogP contribution is 2.29. The number of benzene rings is 1. The molecular formula is C20H18F3N5O4S. The second kappa shape index (κ2) is 9.27. The topological polar surface area (TPSA) is 110 Å². The van der Waals surface area contributed by atoms with Crippen molar-refractivity contribution in [1.82, 2.24) is 25.3 Å². The standard InChI is InChI=1S/C20H18F3N5O4S/c1-11-15(33-10-25-11)18(30)28-6-7-31-9-14(28)8-24-17(29)13-4-2-12(3-5-13)16-26-19(32-27-16)20(21,22)23/h2-5,10,14H,6-9H2,1H3,(H,24,29)/t14-/m1/s1. The summed E-state index contributed by atoms with van der Waals surface area (Å²) in [6.07, 6.45) is -4.73. The number of thiazole rings is 1. The third-order valence-electron chi connectivity index (χ3n) is 5.00. The maximum absolute atomic E-state index is 12.9. The highest BCUT2D eigenvalue weighted by Gasteiger charge is 2.38. The van der Waals surface area contributed by atoms with Crippen LogP contribution in [0.4, 0.5) is 13.2 Å². The molecule has 0 unspecified atom stereocenters. The first-order chi connectivity index (χ1) is 15.7. The molecule has 1 aliphatic rings. The smallest absolute Gasteiger partial charge is 0.377 e. The Morgan fingerprint density at radius 2 is 2.03 bits per heavy atom. The van der Waals surface area contributed by atoms with Gasteiger partial charge in [-0.2, -0.15) is 18.2 Å². The lowest BCUT2D eigenvalue weighted by molar-refractivity contribution is -0.159. The molecule has 0 radical (unpaired) electrons. The van der Waals surface area contributed by atoms with Gasteiger partial charge in [0.1, 0.15) is 4.88 Å². The molecule has 0 spiro atoms. The minimum absolute atomic E-state index is 0.153. The molecular weight excluding hydrogens is 463 g/mol. The van der Waals surface area contributed by atoms with E-state index in [1.54, 1.807) is 17.3 Å². The Labute approximate surface area is 189 Å². The highest BCUT2D eigenvalue weighted by molar-refractivity contribution is 7.11. The molecule has 3 aromatic rings. The molecule has 2 aromatic heterocycles. The Hall–Kier alpha value is -3.32. The second-order valence-corrected chi connectivity index (χ2v) is 8.06. The maximum atomic E-state index is 12.9. The van der Waals surface area contributed by atoms with E-state index in [1.165, 1.54) is 35.6 Å². The SMILES string of the molecule is Cc1ncsc1C(=O)N1CCOC[C@H]1CNC(=O)c1ccc(-c2noc(C(F)(F)F)n2)cc1. The first-order valence-corrected chi connectivity index (χ1v) is 10.7. The van der Waals surface area contributed by atoms with Gasteiger partial charge < -0.3 is 19.5 Å². The van der Waals surface area contributed by atoms with E-state index in [-0.39, 0.29) is 42.1 Å². The summed E-state index contributed by atoms with van der Waals surface area (Å²) in [6.45, 7) is 3.02. The van der Waals surface area contributed by atoms with Crippen LogP contribution in [0, 0.1) is 6.92 Å². The van der Waals surface area contributed by atoms with Crippen molar-refractivity contribution >= 4 is 23.2 Å². The van der Waals surface area contributed by atoms with Gasteiger partial charge in [-0.25, -0.2) is 4.98 Å². The number of nitrogens with one attached hydrogen (secondary N) is 1. The molecule has 2 amide bonds. The van der Waals surface area contributed by atoms with Crippen LogP contribution >= 0.6 is 11.3 Å². The normalized spacial score (nSPS) is 16.6. The fourth-order valence-electron chi connectivity index (χ4n) is 3.27. The Bertz CT molecular complexity index is 1150. The Morgan fingerprint density at radius 3 is 2.67 bits per heavy atom. The monoisotopic (exact) mass is 481 g/mol. The molecule has 1 saturated heterocycles. The van der Waals surface area contributed by atoms with Gasteiger partial charge in [0.05, 0.1) is 30.5 Å². The Balaban J connectivity index is 1.39. The van der Waals surface area contributed by atoms with Gasteiger partial charge in [0, 0.05) is 24.2 Å². The lowest BCUT2D eigenvalue weighted by Crippen LogP contribution is -2.53. The molecule has 1 N–H and O–H groups in total. The molecule has 0 bridgehead atoms. The number of carbonyl (C=O) groups is 2. The molecule has 9 nitrogen and oxygen atoms in total. The molecule has 1 aliphatic heterocycles. The Morgan fingerprint density at radius 1 is 1.27 bits per heavy atom. The van der Waals surface area contributed by atoms with Gasteiger partial charge in [-0.1, -0.05) is 17.3 Å². The Kier molecular flexibility index (Phi) is 6.42. The summed E-state index contributed by atoms with van der Waals surface area (Å²) in [4.78, 5) is 35.1. The van der Waals surface area contributed by atoms with Crippen LogP contribution < -0.4 is 5.32 Å². The maximum Gasteiger partial charge on any atom is 0.471 e. The van der Waals surface area contributed by atoms with E-state index in [0.717, 1.165) is 0 Å². The van der Waals surface area contributed by atoms with Crippen molar-refractivity contribution in [3.8, 4) is 11.4 Å². The largest absolute Gasteiger partial charge is 0.471 e. The van der Waals surface area contributed by atoms with Gasteiger partial charge in [-0.15, -0.1) is 11.3 Å². The van der Waals surface area contributed by atoms with Crippen LogP contribution in [0.5, 0.6) is 0 Å². The summed E-state index contributed by atoms with van der Waals surface area (Å²) in [5, 5.41) is 6.09. The summed E-state index contributed by atoms with van der Waals surface area (Å²) in [5.41, 5.74) is 2.82. The second-order valence-electron chi connectivity index (χ2n) is 7.20. The van der Waals surface area contributed by atoms with Crippen molar-refractivity contribution in [3.05, 3.63) is 51.8 Å². The van der Waals surface area contributed by atoms with Crippen LogP contribution in [0.1, 0.15) is 31.6 Å². The predicted octanol–water partition coefficient (Wildman–Crippen LogP) is 2.79. The van der Waals surface area contributed by atoms with E-state index >= 15 is 0 Å². The molecule has 0 aliphatic carbocycles. The molecule has 13 heteroatoms. The zero-order chi connectivity index (χ0) is 23.6. The van der Waals surface area contributed by atoms with Crippen LogP contribution in [0.3, 0.4) is 0 Å². The van der Waals surface area contributed by atoms with E-state index in [2.05, 4.69) is 25.0 Å². The van der Waals surface area contributed by atoms with Crippen molar-refractivity contribution in [2.45, 2.75) is 19.1 Å². The highest BCUT2D eigenvalue weighted by atomic mass is 32.1. The number of aromatic nitrogens is 3. The molecule has 0 saturated carbocycles. The van der Waals surface area contributed by atoms with Crippen molar-refractivity contribution in [2.75, 3.05) is 26.3 Å². The van der Waals surface area contributed by atoms with Crippen LogP contribution in [0.25, 0.3) is 11.4 Å². The van der Waals surface area contributed by atoms with E-state index in [9.17, 15) is 22.8 Å². The number of halogens is 3. The third-order valence-corrected chi connectivity index (χ3v) is 5.92. The zero-order valence-corrected chi connectivity index (χ0v) is 18.1. The van der Waals surface area contributed by atoms with E-state index in [1.807, 2.05) is 0 Å². The number of hydrogen-bond acceptors (Lipinski definition) is 8. The number of alkyl halides is 3. The average molecular weight is 481 g/mol. The third kappa shape index (κ3) is 5.03. The summed E-state index contributed by atoms with van der Waals surface area (Å²) in [7, 11) is 0. The lowest BCUT2D eigenvalue weighted by atomic mass is 10.1. The quantitative estimate of drug-likeness (QED) is 0.597. The van der Waals surface area contributed by atoms with Gasteiger partial charge >= 0.3 is 12.1 Å². The van der Waals surface area contributed by atoms with Crippen molar-refractivity contribution < 1.29 is 32.0 Å². The zero-order valence-electron chi connectivity index (χ0n) is 17.3. The van der Waals surface area contributed by atoms with E-state index in [4.69, 9.17) is 4.74 Å². The van der Waals surface area contributed by atoms with Crippen molar-refractivity contribution in [1.29, 1.82) is 0 Å². The van der Waals surface area contributed by atoms with Crippen molar-refractivity contribution in [3.63, 3.8) is 0 Å². The summed E-state index contributed by atoms with van der Waals surface area (Å²) in [6, 6.07) is 5.37. The number of hydrogen-bond donors (Lipinski definition) is 1. The summed E-state index contributed by atoms with van der Waals surface area (Å²) < 4.78 is 47.5. The van der Waals surface area contributed by atoms with Gasteiger partial charge in [-0.3, -0.25) is 9.59 Å². The number of aryl methyl sites for hydroxylation is 1. The van der Waals surface area contributed by atoms with Gasteiger partial charge in [0.15, 0.2) is 0 Å². The number of morpholine rings is 1. The summed E-state index contributed by atoms with van der Waals surface area (Å²) >= 11 is 1.27. The number of rotatable bonds is 5. The molecule has 4 rings (SSSR count). The minimum Gasteiger partial charge on any atom is -0.377 e. The van der Waals surface area contributed by atoms with Crippen LogP contribution in [-0.4, -0.2) is 64.2 Å². The van der Waals surface area contributed by atoms with Gasteiger partial charge in [-0.05, 0) is 19.1 Å². The predicted molar refractivity (Wildman–Crippen MR) is 110 cm³/mol. The lowest BCUT2D eigenvalue weighted by Gasteiger charge is -2.35. The molecule has 1 atom stereocenters. The van der Waals surface area contributed by atoms with Crippen molar-refractivity contribution in [2.24, 2.45) is 0 Å². The average Bonchev–Trinajstić information content (AvgIpc) is 3.47. The van der Waals surface area contributed by atoms with Crippen LogP contribution in [-0.2, 0) is 10.9 Å². The fraction of sp³-hybridized carbons (Fsp3) is 0.350. The first kappa shape index (κ1) is 22.9. The molecule has 3 heterocycles.